The monoisotopic (exact) mass is 217 g/mol. The molecular weight excluding hydrogens is 198 g/mol. The zero-order valence-corrected chi connectivity index (χ0v) is 10.1. The molecule has 0 bridgehead atoms. The number of rotatable bonds is 4. The number of nitrogens with one attached hydrogen (secondary N) is 1. The summed E-state index contributed by atoms with van der Waals surface area (Å²) in [6, 6.07) is 7.94. The number of nitrogen functional groups attached to an aromatic ring is 1. The summed E-state index contributed by atoms with van der Waals surface area (Å²) in [4.78, 5) is 0. The van der Waals surface area contributed by atoms with Crippen LogP contribution < -0.4 is 11.1 Å². The number of hydrogen-bond donors (Lipinski definition) is 2. The molecule has 0 saturated heterocycles. The first kappa shape index (κ1) is 12.4. The summed E-state index contributed by atoms with van der Waals surface area (Å²) in [5, 5.41) is 12.4. The molecule has 1 rings (SSSR count). The number of nitriles is 1. The van der Waals surface area contributed by atoms with Gasteiger partial charge in [-0.05, 0) is 30.5 Å². The van der Waals surface area contributed by atoms with Gasteiger partial charge in [0.2, 0.25) is 0 Å². The van der Waals surface area contributed by atoms with Gasteiger partial charge in [0, 0.05) is 11.7 Å². The summed E-state index contributed by atoms with van der Waals surface area (Å²) in [6.45, 7) is 6.48. The molecule has 1 unspecified atom stereocenters. The number of nitrogens with two attached hydrogens (primary N) is 1. The molecule has 1 atom stereocenters. The first-order valence-corrected chi connectivity index (χ1v) is 5.64. The molecule has 0 heterocycles. The lowest BCUT2D eigenvalue weighted by atomic mass is 10.0. The minimum atomic E-state index is 0.385. The first-order valence-electron chi connectivity index (χ1n) is 5.64. The Hall–Kier alpha value is -1.69. The SMILES string of the molecule is CCC(Nc1ccc(N)cc1C#N)C(C)C. The lowest BCUT2D eigenvalue weighted by Gasteiger charge is -2.22. The predicted octanol–water partition coefficient (Wildman–Crippen LogP) is 2.99. The van der Waals surface area contributed by atoms with Crippen molar-refractivity contribution in [1.82, 2.24) is 0 Å². The Balaban J connectivity index is 2.92. The molecule has 3 N–H and O–H groups in total. The summed E-state index contributed by atoms with van der Waals surface area (Å²) >= 11 is 0. The van der Waals surface area contributed by atoms with Crippen molar-refractivity contribution in [2.75, 3.05) is 11.1 Å². The third kappa shape index (κ3) is 2.90. The van der Waals surface area contributed by atoms with Crippen molar-refractivity contribution in [2.45, 2.75) is 33.2 Å². The molecule has 0 aliphatic rings. The molecule has 16 heavy (non-hydrogen) atoms. The maximum absolute atomic E-state index is 9.02. The number of anilines is 2. The van der Waals surface area contributed by atoms with Gasteiger partial charge in [-0.15, -0.1) is 0 Å². The number of hydrogen-bond acceptors (Lipinski definition) is 3. The molecule has 0 radical (unpaired) electrons. The molecule has 1 aromatic carbocycles. The van der Waals surface area contributed by atoms with E-state index in [0.717, 1.165) is 12.1 Å². The van der Waals surface area contributed by atoms with Crippen LogP contribution in [0.4, 0.5) is 11.4 Å². The van der Waals surface area contributed by atoms with Gasteiger partial charge in [-0.1, -0.05) is 20.8 Å². The second kappa shape index (κ2) is 5.41. The van der Waals surface area contributed by atoms with E-state index < -0.39 is 0 Å². The van der Waals surface area contributed by atoms with E-state index in [1.807, 2.05) is 12.1 Å². The van der Waals surface area contributed by atoms with Crippen molar-refractivity contribution in [2.24, 2.45) is 5.92 Å². The second-order valence-electron chi connectivity index (χ2n) is 4.32. The maximum atomic E-state index is 9.02. The standard InChI is InChI=1S/C13H19N3/c1-4-12(9(2)3)16-13-6-5-11(15)7-10(13)8-14/h5-7,9,12,16H,4,15H2,1-3H3. The molecular formula is C13H19N3. The van der Waals surface area contributed by atoms with Crippen molar-refractivity contribution in [1.29, 1.82) is 5.26 Å². The fourth-order valence-corrected chi connectivity index (χ4v) is 1.72. The van der Waals surface area contributed by atoms with Gasteiger partial charge in [0.25, 0.3) is 0 Å². The van der Waals surface area contributed by atoms with E-state index >= 15 is 0 Å². The highest BCUT2D eigenvalue weighted by atomic mass is 14.9. The maximum Gasteiger partial charge on any atom is 0.101 e. The van der Waals surface area contributed by atoms with Crippen LogP contribution in [-0.4, -0.2) is 6.04 Å². The quantitative estimate of drug-likeness (QED) is 0.762. The van der Waals surface area contributed by atoms with E-state index in [-0.39, 0.29) is 0 Å². The van der Waals surface area contributed by atoms with Gasteiger partial charge in [-0.2, -0.15) is 5.26 Å². The molecule has 0 aliphatic carbocycles. The van der Waals surface area contributed by atoms with Crippen LogP contribution in [0.2, 0.25) is 0 Å². The van der Waals surface area contributed by atoms with Gasteiger partial charge >= 0.3 is 0 Å². The Morgan fingerprint density at radius 3 is 2.62 bits per heavy atom. The van der Waals surface area contributed by atoms with Crippen LogP contribution in [0.1, 0.15) is 32.8 Å². The first-order chi connectivity index (χ1) is 7.58. The van der Waals surface area contributed by atoms with Gasteiger partial charge < -0.3 is 11.1 Å². The van der Waals surface area contributed by atoms with Crippen LogP contribution in [0.25, 0.3) is 0 Å². The van der Waals surface area contributed by atoms with Crippen LogP contribution in [0.15, 0.2) is 18.2 Å². The summed E-state index contributed by atoms with van der Waals surface area (Å²) in [6.07, 6.45) is 1.03. The normalized spacial score (nSPS) is 12.2. The Kier molecular flexibility index (Phi) is 4.19. The molecule has 3 heteroatoms. The topological polar surface area (TPSA) is 61.8 Å². The number of benzene rings is 1. The average Bonchev–Trinajstić information content (AvgIpc) is 2.26. The Morgan fingerprint density at radius 2 is 2.12 bits per heavy atom. The molecule has 0 aromatic heterocycles. The van der Waals surface area contributed by atoms with Crippen LogP contribution >= 0.6 is 0 Å². The van der Waals surface area contributed by atoms with Crippen molar-refractivity contribution < 1.29 is 0 Å². The smallest absolute Gasteiger partial charge is 0.101 e. The van der Waals surface area contributed by atoms with Crippen LogP contribution in [0, 0.1) is 17.2 Å². The van der Waals surface area contributed by atoms with E-state index in [9.17, 15) is 0 Å². The van der Waals surface area contributed by atoms with E-state index in [4.69, 9.17) is 11.0 Å². The largest absolute Gasteiger partial charge is 0.399 e. The minimum absolute atomic E-state index is 0.385. The summed E-state index contributed by atoms with van der Waals surface area (Å²) < 4.78 is 0. The van der Waals surface area contributed by atoms with E-state index in [1.54, 1.807) is 6.07 Å². The molecule has 0 amide bonds. The third-order valence-electron chi connectivity index (χ3n) is 2.75. The molecule has 0 saturated carbocycles. The molecule has 0 spiro atoms. The lowest BCUT2D eigenvalue weighted by Crippen LogP contribution is -2.25. The van der Waals surface area contributed by atoms with Crippen LogP contribution in [0.3, 0.4) is 0 Å². The highest BCUT2D eigenvalue weighted by molar-refractivity contribution is 5.63. The van der Waals surface area contributed by atoms with Crippen molar-refractivity contribution in [3.8, 4) is 6.07 Å². The van der Waals surface area contributed by atoms with Gasteiger partial charge in [-0.25, -0.2) is 0 Å². The summed E-state index contributed by atoms with van der Waals surface area (Å²) in [7, 11) is 0. The fraction of sp³-hybridized carbons (Fsp3) is 0.462. The molecule has 1 aromatic rings. The zero-order chi connectivity index (χ0) is 12.1. The summed E-state index contributed by atoms with van der Waals surface area (Å²) in [5.74, 6) is 0.536. The van der Waals surface area contributed by atoms with Gasteiger partial charge in [0.15, 0.2) is 0 Å². The minimum Gasteiger partial charge on any atom is -0.399 e. The molecule has 3 nitrogen and oxygen atoms in total. The zero-order valence-electron chi connectivity index (χ0n) is 10.1. The summed E-state index contributed by atoms with van der Waals surface area (Å²) in [5.41, 5.74) is 7.75. The Labute approximate surface area is 97.3 Å². The van der Waals surface area contributed by atoms with E-state index in [0.29, 0.717) is 23.2 Å². The highest BCUT2D eigenvalue weighted by Gasteiger charge is 2.12. The Morgan fingerprint density at radius 1 is 1.44 bits per heavy atom. The molecule has 0 aliphatic heterocycles. The van der Waals surface area contributed by atoms with Crippen LogP contribution in [0.5, 0.6) is 0 Å². The highest BCUT2D eigenvalue weighted by Crippen LogP contribution is 2.21. The fourth-order valence-electron chi connectivity index (χ4n) is 1.72. The van der Waals surface area contributed by atoms with Gasteiger partial charge in [0.05, 0.1) is 11.3 Å². The van der Waals surface area contributed by atoms with Crippen molar-refractivity contribution in [3.63, 3.8) is 0 Å². The van der Waals surface area contributed by atoms with Crippen LogP contribution in [-0.2, 0) is 0 Å². The second-order valence-corrected chi connectivity index (χ2v) is 4.32. The molecule has 86 valence electrons. The van der Waals surface area contributed by atoms with Gasteiger partial charge in [-0.3, -0.25) is 0 Å². The molecule has 0 fully saturated rings. The third-order valence-corrected chi connectivity index (χ3v) is 2.75. The van der Waals surface area contributed by atoms with E-state index in [1.165, 1.54) is 0 Å². The predicted molar refractivity (Wildman–Crippen MR) is 68.1 cm³/mol. The lowest BCUT2D eigenvalue weighted by molar-refractivity contribution is 0.511. The van der Waals surface area contributed by atoms with Crippen molar-refractivity contribution in [3.05, 3.63) is 23.8 Å². The number of nitrogens with zero attached hydrogens (tertiary/aromatic N) is 1. The average molecular weight is 217 g/mol. The van der Waals surface area contributed by atoms with Gasteiger partial charge in [0.1, 0.15) is 6.07 Å². The van der Waals surface area contributed by atoms with E-state index in [2.05, 4.69) is 32.2 Å². The van der Waals surface area contributed by atoms with Crippen molar-refractivity contribution >= 4 is 11.4 Å². The Bertz CT molecular complexity index is 391.